The number of carbonyl (C=O) groups is 4. The van der Waals surface area contributed by atoms with E-state index in [0.29, 0.717) is 34.8 Å². The van der Waals surface area contributed by atoms with E-state index in [1.807, 2.05) is 6.92 Å². The quantitative estimate of drug-likeness (QED) is 0.516. The van der Waals surface area contributed by atoms with E-state index >= 15 is 0 Å². The van der Waals surface area contributed by atoms with Crippen LogP contribution in [0.25, 0.3) is 0 Å². The monoisotopic (exact) mass is 457 g/mol. The Labute approximate surface area is 196 Å². The van der Waals surface area contributed by atoms with Crippen molar-refractivity contribution < 1.29 is 23.9 Å². The van der Waals surface area contributed by atoms with Crippen molar-refractivity contribution in [2.24, 2.45) is 0 Å². The third kappa shape index (κ3) is 5.12. The number of nitrogens with zero attached hydrogens (tertiary/aromatic N) is 1. The summed E-state index contributed by atoms with van der Waals surface area (Å²) >= 11 is 0. The van der Waals surface area contributed by atoms with Crippen molar-refractivity contribution >= 4 is 40.7 Å². The lowest BCUT2D eigenvalue weighted by Gasteiger charge is -2.14. The smallest absolute Gasteiger partial charge is 0.255 e. The van der Waals surface area contributed by atoms with Crippen LogP contribution in [-0.4, -0.2) is 30.2 Å². The lowest BCUT2D eigenvalue weighted by Crippen LogP contribution is -2.28. The third-order valence-electron chi connectivity index (χ3n) is 5.27. The second kappa shape index (κ2) is 9.99. The number of amides is 4. The van der Waals surface area contributed by atoms with E-state index < -0.39 is 0 Å². The van der Waals surface area contributed by atoms with Gasteiger partial charge in [-0.15, -0.1) is 0 Å². The molecule has 1 fully saturated rings. The van der Waals surface area contributed by atoms with E-state index in [9.17, 15) is 19.2 Å². The Morgan fingerprint density at radius 1 is 0.735 bits per heavy atom. The molecular weight excluding hydrogens is 434 g/mol. The van der Waals surface area contributed by atoms with Crippen LogP contribution in [0.4, 0.5) is 17.1 Å². The van der Waals surface area contributed by atoms with Gasteiger partial charge in [-0.25, -0.2) is 0 Å². The molecule has 4 amide bonds. The van der Waals surface area contributed by atoms with Crippen molar-refractivity contribution in [3.63, 3.8) is 0 Å². The summed E-state index contributed by atoms with van der Waals surface area (Å²) in [6.45, 7) is 2.47. The van der Waals surface area contributed by atoms with Gasteiger partial charge in [0, 0.05) is 35.3 Å². The molecular formula is C26H23N3O5. The molecule has 4 rings (SSSR count). The molecule has 0 spiro atoms. The molecule has 0 saturated carbocycles. The lowest BCUT2D eigenvalue weighted by molar-refractivity contribution is -0.121. The van der Waals surface area contributed by atoms with Crippen LogP contribution in [0.2, 0.25) is 0 Å². The minimum Gasteiger partial charge on any atom is -0.494 e. The summed E-state index contributed by atoms with van der Waals surface area (Å²) in [7, 11) is 0. The Hall–Kier alpha value is -4.46. The van der Waals surface area contributed by atoms with Crippen molar-refractivity contribution in [2.75, 3.05) is 22.1 Å². The van der Waals surface area contributed by atoms with E-state index in [-0.39, 0.29) is 36.5 Å². The van der Waals surface area contributed by atoms with Crippen molar-refractivity contribution in [3.8, 4) is 5.75 Å². The largest absolute Gasteiger partial charge is 0.494 e. The molecule has 34 heavy (non-hydrogen) atoms. The summed E-state index contributed by atoms with van der Waals surface area (Å²) in [6.07, 6.45) is 0.407. The molecule has 3 aromatic carbocycles. The molecule has 3 aromatic rings. The van der Waals surface area contributed by atoms with Gasteiger partial charge < -0.3 is 15.4 Å². The van der Waals surface area contributed by atoms with Gasteiger partial charge in [0.15, 0.2) is 0 Å². The van der Waals surface area contributed by atoms with Gasteiger partial charge in [-0.05, 0) is 79.7 Å². The van der Waals surface area contributed by atoms with Crippen LogP contribution in [0, 0.1) is 0 Å². The maximum absolute atomic E-state index is 12.6. The van der Waals surface area contributed by atoms with Crippen molar-refractivity contribution in [1.82, 2.24) is 0 Å². The van der Waals surface area contributed by atoms with E-state index in [0.717, 1.165) is 10.6 Å². The molecule has 0 atom stereocenters. The van der Waals surface area contributed by atoms with E-state index in [1.165, 1.54) is 0 Å². The van der Waals surface area contributed by atoms with Gasteiger partial charge in [0.05, 0.1) is 12.3 Å². The van der Waals surface area contributed by atoms with E-state index in [4.69, 9.17) is 4.74 Å². The summed E-state index contributed by atoms with van der Waals surface area (Å²) < 4.78 is 5.39. The lowest BCUT2D eigenvalue weighted by atomic mass is 10.1. The van der Waals surface area contributed by atoms with Crippen molar-refractivity contribution in [1.29, 1.82) is 0 Å². The highest BCUT2D eigenvalue weighted by Crippen LogP contribution is 2.23. The number of hydrogen-bond donors (Lipinski definition) is 2. The Balaban J connectivity index is 1.35. The fourth-order valence-electron chi connectivity index (χ4n) is 3.54. The number of imide groups is 1. The summed E-state index contributed by atoms with van der Waals surface area (Å²) in [6, 6.07) is 19.9. The fourth-order valence-corrected chi connectivity index (χ4v) is 3.54. The second-order valence-corrected chi connectivity index (χ2v) is 7.61. The maximum Gasteiger partial charge on any atom is 0.255 e. The first-order chi connectivity index (χ1) is 16.4. The van der Waals surface area contributed by atoms with Crippen LogP contribution in [0.5, 0.6) is 5.75 Å². The second-order valence-electron chi connectivity index (χ2n) is 7.61. The number of ether oxygens (including phenoxy) is 1. The van der Waals surface area contributed by atoms with Gasteiger partial charge in [-0.1, -0.05) is 0 Å². The number of benzene rings is 3. The zero-order valence-corrected chi connectivity index (χ0v) is 18.5. The first kappa shape index (κ1) is 22.7. The zero-order chi connectivity index (χ0) is 24.1. The average Bonchev–Trinajstić information content (AvgIpc) is 3.18. The molecule has 1 aliphatic rings. The fraction of sp³-hybridized carbons (Fsp3) is 0.154. The minimum atomic E-state index is -0.350. The molecule has 1 heterocycles. The first-order valence-electron chi connectivity index (χ1n) is 10.9. The number of rotatable bonds is 7. The highest BCUT2D eigenvalue weighted by molar-refractivity contribution is 6.20. The molecule has 0 radical (unpaired) electrons. The van der Waals surface area contributed by atoms with E-state index in [1.54, 1.807) is 72.8 Å². The third-order valence-corrected chi connectivity index (χ3v) is 5.27. The summed E-state index contributed by atoms with van der Waals surface area (Å²) in [5.41, 5.74) is 2.44. The average molecular weight is 457 g/mol. The van der Waals surface area contributed by atoms with Gasteiger partial charge in [0.25, 0.3) is 11.8 Å². The molecule has 2 N–H and O–H groups in total. The Bertz CT molecular complexity index is 1200. The molecule has 172 valence electrons. The summed E-state index contributed by atoms with van der Waals surface area (Å²) in [5, 5.41) is 5.58. The van der Waals surface area contributed by atoms with Gasteiger partial charge in [0.2, 0.25) is 11.8 Å². The SMILES string of the molecule is CCOc1ccc(NC(=O)c2ccc(NC(=O)c3ccc(N4C(=O)CCC4=O)cc3)cc2)cc1. The number of hydrogen-bond acceptors (Lipinski definition) is 5. The Kier molecular flexibility index (Phi) is 6.68. The van der Waals surface area contributed by atoms with Gasteiger partial charge in [-0.2, -0.15) is 0 Å². The van der Waals surface area contributed by atoms with Crippen LogP contribution in [0.3, 0.4) is 0 Å². The first-order valence-corrected chi connectivity index (χ1v) is 10.9. The van der Waals surface area contributed by atoms with Crippen LogP contribution < -0.4 is 20.3 Å². The number of carbonyl (C=O) groups excluding carboxylic acids is 4. The van der Waals surface area contributed by atoms with Crippen LogP contribution in [0.1, 0.15) is 40.5 Å². The van der Waals surface area contributed by atoms with Crippen molar-refractivity contribution in [3.05, 3.63) is 83.9 Å². The molecule has 0 bridgehead atoms. The summed E-state index contributed by atoms with van der Waals surface area (Å²) in [4.78, 5) is 49.9. The predicted molar refractivity (Wildman–Crippen MR) is 128 cm³/mol. The van der Waals surface area contributed by atoms with Gasteiger partial charge in [0.1, 0.15) is 5.75 Å². The molecule has 0 unspecified atom stereocenters. The van der Waals surface area contributed by atoms with Crippen LogP contribution in [-0.2, 0) is 9.59 Å². The molecule has 0 aliphatic carbocycles. The minimum absolute atomic E-state index is 0.204. The highest BCUT2D eigenvalue weighted by atomic mass is 16.5. The topological polar surface area (TPSA) is 105 Å². The van der Waals surface area contributed by atoms with Gasteiger partial charge >= 0.3 is 0 Å². The molecule has 0 aromatic heterocycles. The maximum atomic E-state index is 12.6. The summed E-state index contributed by atoms with van der Waals surface area (Å²) in [5.74, 6) is -0.378. The molecule has 1 saturated heterocycles. The normalized spacial score (nSPS) is 13.0. The van der Waals surface area contributed by atoms with Crippen LogP contribution >= 0.6 is 0 Å². The zero-order valence-electron chi connectivity index (χ0n) is 18.5. The Morgan fingerprint density at radius 2 is 1.18 bits per heavy atom. The number of anilines is 3. The van der Waals surface area contributed by atoms with Crippen LogP contribution in [0.15, 0.2) is 72.8 Å². The molecule has 8 nitrogen and oxygen atoms in total. The van der Waals surface area contributed by atoms with Crippen molar-refractivity contribution in [2.45, 2.75) is 19.8 Å². The molecule has 8 heteroatoms. The molecule has 1 aliphatic heterocycles. The predicted octanol–water partition coefficient (Wildman–Crippen LogP) is 4.24. The number of nitrogens with one attached hydrogen (secondary N) is 2. The highest BCUT2D eigenvalue weighted by Gasteiger charge is 2.30. The van der Waals surface area contributed by atoms with Gasteiger partial charge in [-0.3, -0.25) is 24.1 Å². The standard InChI is InChI=1S/C26H23N3O5/c1-2-34-22-13-9-20(10-14-22)28-25(32)17-3-7-19(8-4-17)27-26(33)18-5-11-21(12-6-18)29-23(30)15-16-24(29)31/h3-14H,2,15-16H2,1H3,(H,27,33)(H,28,32). The Morgan fingerprint density at radius 3 is 1.65 bits per heavy atom. The van der Waals surface area contributed by atoms with E-state index in [2.05, 4.69) is 10.6 Å².